The van der Waals surface area contributed by atoms with E-state index in [9.17, 15) is 19.7 Å². The molecule has 0 radical (unpaired) electrons. The van der Waals surface area contributed by atoms with Crippen LogP contribution in [-0.2, 0) is 40.3 Å². The highest BCUT2D eigenvalue weighted by Gasteiger charge is 2.49. The molecule has 1 saturated heterocycles. The molecule has 0 aliphatic carbocycles. The van der Waals surface area contributed by atoms with E-state index in [2.05, 4.69) is 10.3 Å². The van der Waals surface area contributed by atoms with E-state index in [0.717, 1.165) is 5.56 Å². The van der Waals surface area contributed by atoms with Crippen LogP contribution in [-0.4, -0.2) is 53.4 Å². The molecule has 1 N–H and O–H groups in total. The molecule has 1 fully saturated rings. The number of rotatable bonds is 22. The third-order valence-electron chi connectivity index (χ3n) is 11.9. The standard InChI is InChI=1S/C55H48N4O14P2S/c1-65-44-29-23-41(24-30-44)55(40-17-9-4-10-18-40,42-25-31-45(66-2)32-26-42)67-38-50-49(37-52(68-50)58-36-35-51(57-54(58)61)56-53(60)39-15-7-3-8-16-39)72-75(76,71-48-33-27-43(28-34-48)59(62)63)73-74(64,69-46-19-11-5-12-20-46)70-47-21-13-6-14-22-47/h3-36,49-50,52H,37-38H2,1-2H3,(H,56,57,60,61)/t49-,50+,52+,75?/m0/s1. The van der Waals surface area contributed by atoms with E-state index in [4.69, 9.17) is 53.2 Å². The van der Waals surface area contributed by atoms with Crippen molar-refractivity contribution in [3.63, 3.8) is 0 Å². The summed E-state index contributed by atoms with van der Waals surface area (Å²) in [6.07, 6.45) is -2.24. The van der Waals surface area contributed by atoms with Crippen LogP contribution in [0.15, 0.2) is 211 Å². The Morgan fingerprint density at radius 2 is 1.18 bits per heavy atom. The second kappa shape index (κ2) is 23.7. The smallest absolute Gasteiger partial charge is 0.497 e. The first-order valence-electron chi connectivity index (χ1n) is 23.5. The Morgan fingerprint density at radius 1 is 0.697 bits per heavy atom. The molecule has 0 saturated carbocycles. The van der Waals surface area contributed by atoms with Crippen molar-refractivity contribution in [2.75, 3.05) is 26.1 Å². The maximum Gasteiger partial charge on any atom is 0.595 e. The normalized spacial score (nSPS) is 16.2. The number of anilines is 1. The number of ether oxygens (including phenoxy) is 4. The predicted molar refractivity (Wildman–Crippen MR) is 285 cm³/mol. The summed E-state index contributed by atoms with van der Waals surface area (Å²) in [5, 5.41) is 14.4. The van der Waals surface area contributed by atoms with Crippen LogP contribution in [0.4, 0.5) is 11.5 Å². The summed E-state index contributed by atoms with van der Waals surface area (Å²) in [5.74, 6) is 0.817. The van der Waals surface area contributed by atoms with Crippen molar-refractivity contribution >= 4 is 43.8 Å². The number of nitro groups is 1. The van der Waals surface area contributed by atoms with Crippen molar-refractivity contribution in [1.82, 2.24) is 9.55 Å². The zero-order chi connectivity index (χ0) is 53.1. The van der Waals surface area contributed by atoms with Crippen LogP contribution >= 0.6 is 14.5 Å². The van der Waals surface area contributed by atoms with Gasteiger partial charge in [0.05, 0.1) is 25.7 Å². The summed E-state index contributed by atoms with van der Waals surface area (Å²) in [5.41, 5.74) is 0.0384. The lowest BCUT2D eigenvalue weighted by Gasteiger charge is -2.37. The number of hydrogen-bond acceptors (Lipinski definition) is 16. The van der Waals surface area contributed by atoms with Gasteiger partial charge in [-0.1, -0.05) is 109 Å². The van der Waals surface area contributed by atoms with Crippen LogP contribution in [0.3, 0.4) is 0 Å². The maximum absolute atomic E-state index is 15.2. The summed E-state index contributed by atoms with van der Waals surface area (Å²) in [7, 11) is -1.79. The first-order chi connectivity index (χ1) is 36.8. The van der Waals surface area contributed by atoms with Gasteiger partial charge in [0, 0.05) is 42.1 Å². The van der Waals surface area contributed by atoms with Crippen molar-refractivity contribution in [3.8, 4) is 28.7 Å². The summed E-state index contributed by atoms with van der Waals surface area (Å²) in [6, 6.07) is 55.3. The molecule has 1 aliphatic rings. The van der Waals surface area contributed by atoms with Crippen molar-refractivity contribution in [2.45, 2.75) is 30.5 Å². The lowest BCUT2D eigenvalue weighted by molar-refractivity contribution is -0.384. The molecule has 76 heavy (non-hydrogen) atoms. The molecule has 388 valence electrons. The van der Waals surface area contributed by atoms with E-state index in [1.165, 1.54) is 65.4 Å². The third-order valence-corrected chi connectivity index (χ3v) is 16.4. The van der Waals surface area contributed by atoms with Gasteiger partial charge in [0.25, 0.3) is 11.6 Å². The summed E-state index contributed by atoms with van der Waals surface area (Å²) < 4.78 is 73.0. The zero-order valence-electron chi connectivity index (χ0n) is 40.6. The lowest BCUT2D eigenvalue weighted by atomic mass is 9.80. The molecule has 8 aromatic rings. The number of para-hydroxylation sites is 2. The van der Waals surface area contributed by atoms with Gasteiger partial charge in [0.2, 0.25) is 0 Å². The quantitative estimate of drug-likeness (QED) is 0.0290. The van der Waals surface area contributed by atoms with Crippen LogP contribution in [0.25, 0.3) is 0 Å². The highest BCUT2D eigenvalue weighted by atomic mass is 32.5. The number of aromatic nitrogens is 2. The number of nitrogens with one attached hydrogen (secondary N) is 1. The monoisotopic (exact) mass is 1080 g/mol. The minimum absolute atomic E-state index is 0.0135. The van der Waals surface area contributed by atoms with Crippen LogP contribution in [0.5, 0.6) is 28.7 Å². The number of amides is 1. The minimum atomic E-state index is -4.93. The van der Waals surface area contributed by atoms with Gasteiger partial charge in [0.15, 0.2) is 0 Å². The van der Waals surface area contributed by atoms with Gasteiger partial charge in [-0.15, -0.1) is 0 Å². The molecule has 0 spiro atoms. The highest BCUT2D eigenvalue weighted by Crippen LogP contribution is 2.66. The largest absolute Gasteiger partial charge is 0.595 e. The molecule has 18 nitrogen and oxygen atoms in total. The van der Waals surface area contributed by atoms with Gasteiger partial charge in [-0.3, -0.25) is 24.0 Å². The molecule has 9 rings (SSSR count). The average Bonchev–Trinajstić information content (AvgIpc) is 3.83. The summed E-state index contributed by atoms with van der Waals surface area (Å²) in [4.78, 5) is 42.4. The fourth-order valence-corrected chi connectivity index (χ4v) is 12.9. The molecule has 1 aromatic heterocycles. The number of carbonyl (C=O) groups excluding carboxylic acids is 1. The maximum atomic E-state index is 15.2. The molecule has 21 heteroatoms. The lowest BCUT2D eigenvalue weighted by Crippen LogP contribution is -2.38. The zero-order valence-corrected chi connectivity index (χ0v) is 43.2. The Hall–Kier alpha value is -7.99. The number of methoxy groups -OCH3 is 2. The number of benzene rings is 7. The van der Waals surface area contributed by atoms with Crippen molar-refractivity contribution < 1.29 is 55.6 Å². The van der Waals surface area contributed by atoms with E-state index >= 15 is 4.57 Å². The van der Waals surface area contributed by atoms with Crippen molar-refractivity contribution in [1.29, 1.82) is 0 Å². The van der Waals surface area contributed by atoms with Gasteiger partial charge in [0.1, 0.15) is 58.6 Å². The fourth-order valence-electron chi connectivity index (χ4n) is 8.27. The second-order valence-corrected chi connectivity index (χ2v) is 21.3. The van der Waals surface area contributed by atoms with E-state index in [1.54, 1.807) is 80.9 Å². The van der Waals surface area contributed by atoms with Crippen molar-refractivity contribution in [2.24, 2.45) is 0 Å². The predicted octanol–water partition coefficient (Wildman–Crippen LogP) is 11.7. The van der Waals surface area contributed by atoms with E-state index in [1.807, 2.05) is 78.9 Å². The molecule has 1 amide bonds. The SMILES string of the molecule is COc1ccc(C(OC[C@H]2O[C@@H](n3ccc(NC(=O)c4ccccc4)nc3=O)C[C@@H]2OP(=S)(Oc2ccc([N+](=O)[O-])cc2)OP(=O)(Oc2ccccc2)Oc2ccccc2)(c2ccccc2)c2ccc(OC)cc2)cc1. The number of carbonyl (C=O) groups is 1. The second-order valence-electron chi connectivity index (χ2n) is 16.8. The number of hydrogen-bond donors (Lipinski definition) is 1. The highest BCUT2D eigenvalue weighted by molar-refractivity contribution is 8.09. The van der Waals surface area contributed by atoms with Gasteiger partial charge >= 0.3 is 20.2 Å². The van der Waals surface area contributed by atoms with Crippen LogP contribution in [0.1, 0.15) is 39.7 Å². The van der Waals surface area contributed by atoms with Crippen LogP contribution < -0.4 is 34.1 Å². The van der Waals surface area contributed by atoms with Gasteiger partial charge in [-0.2, -0.15) is 9.29 Å². The van der Waals surface area contributed by atoms with Crippen LogP contribution in [0, 0.1) is 10.1 Å². The summed E-state index contributed by atoms with van der Waals surface area (Å²) >= 11 is 6.19. The molecule has 0 bridgehead atoms. The Kier molecular flexibility index (Phi) is 16.5. The van der Waals surface area contributed by atoms with Gasteiger partial charge in [-0.25, -0.2) is 9.36 Å². The first-order valence-corrected chi connectivity index (χ1v) is 27.5. The van der Waals surface area contributed by atoms with E-state index in [-0.39, 0.29) is 41.8 Å². The number of nitro benzene ring substituents is 1. The van der Waals surface area contributed by atoms with Crippen molar-refractivity contribution in [3.05, 3.63) is 249 Å². The van der Waals surface area contributed by atoms with Gasteiger partial charge in [-0.05, 0) is 95.6 Å². The van der Waals surface area contributed by atoms with E-state index < -0.39 is 55.1 Å². The molecule has 7 aromatic carbocycles. The number of nitrogens with zero attached hydrogens (tertiary/aromatic N) is 3. The first kappa shape index (κ1) is 52.9. The van der Waals surface area contributed by atoms with Gasteiger partial charge < -0.3 is 37.8 Å². The minimum Gasteiger partial charge on any atom is -0.497 e. The topological polar surface area (TPSA) is 207 Å². The third kappa shape index (κ3) is 12.6. The Bertz CT molecular complexity index is 3310. The Balaban J connectivity index is 1.13. The number of non-ortho nitro benzene ring substituents is 1. The molecule has 1 unspecified atom stereocenters. The molecule has 4 atom stereocenters. The molecule has 1 aliphatic heterocycles. The van der Waals surface area contributed by atoms with E-state index in [0.29, 0.717) is 28.2 Å². The number of phosphoric acid groups is 1. The Morgan fingerprint density at radius 3 is 1.70 bits per heavy atom. The number of phosphoric ester groups is 1. The molecular weight excluding hydrogens is 1030 g/mol. The molecular formula is C55H48N4O14P2S. The van der Waals surface area contributed by atoms with Crippen LogP contribution in [0.2, 0.25) is 0 Å². The fraction of sp³-hybridized carbons (Fsp3) is 0.145. The Labute approximate surface area is 441 Å². The average molecular weight is 1080 g/mol. The summed E-state index contributed by atoms with van der Waals surface area (Å²) in [6.45, 7) is -4.85. The molecule has 2 heterocycles.